The first-order valence-corrected chi connectivity index (χ1v) is 4.38. The summed E-state index contributed by atoms with van der Waals surface area (Å²) in [7, 11) is 0. The van der Waals surface area contributed by atoms with Crippen LogP contribution in [0.4, 0.5) is 22.0 Å². The van der Waals surface area contributed by atoms with Crippen LogP contribution in [0.5, 0.6) is 0 Å². The van der Waals surface area contributed by atoms with Crippen molar-refractivity contribution in [2.24, 2.45) is 0 Å². The lowest BCUT2D eigenvalue weighted by Gasteiger charge is -2.29. The number of carbonyl (C=O) groups is 1. The quantitative estimate of drug-likeness (QED) is 0.741. The van der Waals surface area contributed by atoms with Crippen molar-refractivity contribution in [2.45, 2.75) is 37.9 Å². The fourth-order valence-corrected chi connectivity index (χ4v) is 0.721. The molecular weight excluding hydrogens is 237 g/mol. The van der Waals surface area contributed by atoms with Gasteiger partial charge in [-0.2, -0.15) is 22.0 Å². The summed E-state index contributed by atoms with van der Waals surface area (Å²) in [5, 5.41) is 10.2. The lowest BCUT2D eigenvalue weighted by molar-refractivity contribution is -0.270. The average Bonchev–Trinajstić information content (AvgIpc) is 2.15. The Morgan fingerprint density at radius 2 is 1.69 bits per heavy atom. The van der Waals surface area contributed by atoms with Gasteiger partial charge in [0.05, 0.1) is 12.1 Å². The highest BCUT2D eigenvalue weighted by molar-refractivity contribution is 5.84. The fraction of sp³-hybridized carbons (Fsp3) is 0.875. The molecule has 0 aromatic carbocycles. The summed E-state index contributed by atoms with van der Waals surface area (Å²) in [5.74, 6) is -7.92. The number of aliphatic hydroxyl groups excluding tert-OH is 1. The van der Waals surface area contributed by atoms with Crippen LogP contribution in [0.1, 0.15) is 20.3 Å². The standard InChI is InChI=1S/C8H12F5NO2/c1-3-6(2,4-15)14-5(16)7(9,10)8(11,12)13/h15H,3-4H2,1-2H3,(H,14,16). The number of halogens is 5. The number of aliphatic hydroxyl groups is 1. The highest BCUT2D eigenvalue weighted by Crippen LogP contribution is 2.35. The number of rotatable bonds is 4. The topological polar surface area (TPSA) is 49.3 Å². The van der Waals surface area contributed by atoms with Gasteiger partial charge in [-0.3, -0.25) is 4.79 Å². The molecule has 0 radical (unpaired) electrons. The Morgan fingerprint density at radius 3 is 1.94 bits per heavy atom. The molecule has 3 nitrogen and oxygen atoms in total. The van der Waals surface area contributed by atoms with Gasteiger partial charge in [-0.25, -0.2) is 0 Å². The molecule has 0 aliphatic carbocycles. The Balaban J connectivity index is 4.84. The Kier molecular flexibility index (Phi) is 4.26. The molecule has 0 aromatic rings. The van der Waals surface area contributed by atoms with Crippen molar-refractivity contribution in [2.75, 3.05) is 6.61 Å². The van der Waals surface area contributed by atoms with E-state index in [1.165, 1.54) is 12.2 Å². The average molecular weight is 249 g/mol. The van der Waals surface area contributed by atoms with Crippen molar-refractivity contribution < 1.29 is 31.9 Å². The smallest absolute Gasteiger partial charge is 0.394 e. The maximum Gasteiger partial charge on any atom is 0.463 e. The Hall–Kier alpha value is -0.920. The second kappa shape index (κ2) is 4.52. The largest absolute Gasteiger partial charge is 0.463 e. The van der Waals surface area contributed by atoms with Crippen molar-refractivity contribution in [1.29, 1.82) is 0 Å². The highest BCUT2D eigenvalue weighted by Gasteiger charge is 2.64. The lowest BCUT2D eigenvalue weighted by Crippen LogP contribution is -2.58. The van der Waals surface area contributed by atoms with Gasteiger partial charge >= 0.3 is 18.0 Å². The third-order valence-electron chi connectivity index (χ3n) is 2.19. The van der Waals surface area contributed by atoms with Gasteiger partial charge < -0.3 is 10.4 Å². The molecule has 1 amide bonds. The minimum atomic E-state index is -5.94. The van der Waals surface area contributed by atoms with E-state index in [0.29, 0.717) is 0 Å². The van der Waals surface area contributed by atoms with E-state index in [1.54, 1.807) is 0 Å². The van der Waals surface area contributed by atoms with Crippen molar-refractivity contribution in [1.82, 2.24) is 5.32 Å². The first-order chi connectivity index (χ1) is 7.00. The molecule has 0 heterocycles. The van der Waals surface area contributed by atoms with Gasteiger partial charge in [0.1, 0.15) is 0 Å². The molecule has 8 heteroatoms. The van der Waals surface area contributed by atoms with E-state index in [1.807, 2.05) is 0 Å². The maximum atomic E-state index is 12.5. The summed E-state index contributed by atoms with van der Waals surface area (Å²) in [5.41, 5.74) is -1.49. The summed E-state index contributed by atoms with van der Waals surface area (Å²) in [6.07, 6.45) is -5.93. The molecule has 0 saturated carbocycles. The van der Waals surface area contributed by atoms with Crippen LogP contribution in [0.25, 0.3) is 0 Å². The normalized spacial score (nSPS) is 16.8. The summed E-state index contributed by atoms with van der Waals surface area (Å²) >= 11 is 0. The van der Waals surface area contributed by atoms with Crippen LogP contribution in [0, 0.1) is 0 Å². The molecule has 0 rings (SSSR count). The second-order valence-corrected chi connectivity index (χ2v) is 3.60. The summed E-state index contributed by atoms with van der Waals surface area (Å²) in [4.78, 5) is 10.8. The molecule has 0 aliphatic rings. The monoisotopic (exact) mass is 249 g/mol. The molecule has 0 fully saturated rings. The van der Waals surface area contributed by atoms with E-state index in [4.69, 9.17) is 5.11 Å². The molecule has 1 atom stereocenters. The van der Waals surface area contributed by atoms with Crippen molar-refractivity contribution in [3.8, 4) is 0 Å². The fourth-order valence-electron chi connectivity index (χ4n) is 0.721. The third-order valence-corrected chi connectivity index (χ3v) is 2.19. The van der Waals surface area contributed by atoms with Crippen molar-refractivity contribution in [3.63, 3.8) is 0 Å². The Labute approximate surface area is 88.6 Å². The molecule has 1 unspecified atom stereocenters. The molecular formula is C8H12F5NO2. The van der Waals surface area contributed by atoms with Crippen molar-refractivity contribution in [3.05, 3.63) is 0 Å². The lowest BCUT2D eigenvalue weighted by atomic mass is 10.00. The molecule has 16 heavy (non-hydrogen) atoms. The van der Waals surface area contributed by atoms with Gasteiger partial charge in [0.2, 0.25) is 0 Å². The molecule has 0 aliphatic heterocycles. The van der Waals surface area contributed by atoms with Crippen LogP contribution in [0.3, 0.4) is 0 Å². The Morgan fingerprint density at radius 1 is 1.25 bits per heavy atom. The van der Waals surface area contributed by atoms with E-state index >= 15 is 0 Å². The molecule has 2 N–H and O–H groups in total. The second-order valence-electron chi connectivity index (χ2n) is 3.60. The molecule has 0 saturated heterocycles. The van der Waals surface area contributed by atoms with Crippen LogP contribution < -0.4 is 5.32 Å². The number of amides is 1. The minimum absolute atomic E-state index is 0.0170. The summed E-state index contributed by atoms with van der Waals surface area (Å²) < 4.78 is 60.4. The van der Waals surface area contributed by atoms with Crippen LogP contribution >= 0.6 is 0 Å². The number of hydrogen-bond acceptors (Lipinski definition) is 2. The van der Waals surface area contributed by atoms with E-state index in [0.717, 1.165) is 6.92 Å². The van der Waals surface area contributed by atoms with Crippen LogP contribution in [0.2, 0.25) is 0 Å². The van der Waals surface area contributed by atoms with Gasteiger partial charge in [-0.1, -0.05) is 6.92 Å². The van der Waals surface area contributed by atoms with Crippen molar-refractivity contribution >= 4 is 5.91 Å². The van der Waals surface area contributed by atoms with Gasteiger partial charge in [0.15, 0.2) is 0 Å². The zero-order valence-corrected chi connectivity index (χ0v) is 8.66. The molecule has 0 spiro atoms. The van der Waals surface area contributed by atoms with Crippen LogP contribution in [-0.4, -0.2) is 35.3 Å². The zero-order valence-electron chi connectivity index (χ0n) is 8.66. The van der Waals surface area contributed by atoms with Crippen LogP contribution in [-0.2, 0) is 4.79 Å². The maximum absolute atomic E-state index is 12.5. The molecule has 0 aromatic heterocycles. The van der Waals surface area contributed by atoms with E-state index in [9.17, 15) is 26.7 Å². The highest BCUT2D eigenvalue weighted by atomic mass is 19.4. The van der Waals surface area contributed by atoms with Gasteiger partial charge in [0.25, 0.3) is 0 Å². The summed E-state index contributed by atoms with van der Waals surface area (Å²) in [6, 6.07) is 0. The molecule has 96 valence electrons. The van der Waals surface area contributed by atoms with Gasteiger partial charge in [0, 0.05) is 0 Å². The predicted molar refractivity (Wildman–Crippen MR) is 44.9 cm³/mol. The SMILES string of the molecule is CCC(C)(CO)NC(=O)C(F)(F)C(F)(F)F. The number of hydrogen-bond donors (Lipinski definition) is 2. The van der Waals surface area contributed by atoms with Crippen LogP contribution in [0.15, 0.2) is 0 Å². The number of nitrogens with one attached hydrogen (secondary N) is 1. The van der Waals surface area contributed by atoms with Gasteiger partial charge in [-0.15, -0.1) is 0 Å². The summed E-state index contributed by atoms with van der Waals surface area (Å²) in [6.45, 7) is 1.86. The van der Waals surface area contributed by atoms with Gasteiger partial charge in [-0.05, 0) is 13.3 Å². The molecule has 0 bridgehead atoms. The van der Waals surface area contributed by atoms with E-state index in [-0.39, 0.29) is 6.42 Å². The number of carbonyl (C=O) groups excluding carboxylic acids is 1. The Bertz CT molecular complexity index is 260. The third kappa shape index (κ3) is 3.03. The first kappa shape index (κ1) is 15.1. The van der Waals surface area contributed by atoms with E-state index < -0.39 is 30.2 Å². The first-order valence-electron chi connectivity index (χ1n) is 4.38. The zero-order chi connectivity index (χ0) is 13.2. The minimum Gasteiger partial charge on any atom is -0.394 e. The van der Waals surface area contributed by atoms with E-state index in [2.05, 4.69) is 0 Å². The predicted octanol–water partition coefficient (Wildman–Crippen LogP) is 1.46. The number of alkyl halides is 5.